The first-order chi connectivity index (χ1) is 10.2. The molecule has 0 radical (unpaired) electrons. The average Bonchev–Trinajstić information content (AvgIpc) is 2.92. The van der Waals surface area contributed by atoms with Gasteiger partial charge in [-0.15, -0.1) is 0 Å². The quantitative estimate of drug-likeness (QED) is 0.790. The van der Waals surface area contributed by atoms with Crippen molar-refractivity contribution in [3.05, 3.63) is 48.3 Å². The lowest BCUT2D eigenvalue weighted by Gasteiger charge is -2.14. The van der Waals surface area contributed by atoms with Crippen molar-refractivity contribution in [1.82, 2.24) is 10.6 Å². The van der Waals surface area contributed by atoms with Crippen molar-refractivity contribution in [2.45, 2.75) is 25.9 Å². The summed E-state index contributed by atoms with van der Waals surface area (Å²) >= 11 is 0. The number of rotatable bonds is 6. The van der Waals surface area contributed by atoms with Crippen LogP contribution in [0, 0.1) is 5.41 Å². The van der Waals surface area contributed by atoms with Crippen molar-refractivity contribution in [3.8, 4) is 0 Å². The second-order valence-corrected chi connectivity index (χ2v) is 5.11. The lowest BCUT2D eigenvalue weighted by atomic mass is 10.1. The zero-order valence-electron chi connectivity index (χ0n) is 11.4. The molecule has 2 heterocycles. The molecule has 21 heavy (non-hydrogen) atoms. The summed E-state index contributed by atoms with van der Waals surface area (Å²) in [4.78, 5) is 24.4. The van der Waals surface area contributed by atoms with E-state index >= 15 is 0 Å². The average molecular weight is 288 g/mol. The molecule has 0 aromatic carbocycles. The molecule has 2 aromatic heterocycles. The van der Waals surface area contributed by atoms with Gasteiger partial charge in [-0.25, -0.2) is 0 Å². The summed E-state index contributed by atoms with van der Waals surface area (Å²) in [7, 11) is 0. The minimum atomic E-state index is -0.931. The highest BCUT2D eigenvalue weighted by atomic mass is 16.3. The maximum Gasteiger partial charge on any atom is 0.236 e. The highest BCUT2D eigenvalue weighted by Gasteiger charge is 2.56. The van der Waals surface area contributed by atoms with Gasteiger partial charge >= 0.3 is 0 Å². The standard InChI is InChI=1S/C15H16N2O4/c18-13(16-9-11-3-1-7-20-11)15(5-6-15)14(19)17-10-12-4-2-8-21-12/h1-4,7-8H,5-6,9-10H2,(H,16,18)(H,17,19). The van der Waals surface area contributed by atoms with Crippen molar-refractivity contribution >= 4 is 11.8 Å². The molecule has 0 spiro atoms. The SMILES string of the molecule is O=C(NCc1ccco1)C1(C(=O)NCc2ccco2)CC1. The maximum atomic E-state index is 12.2. The van der Waals surface area contributed by atoms with Crippen molar-refractivity contribution < 1.29 is 18.4 Å². The highest BCUT2D eigenvalue weighted by Crippen LogP contribution is 2.46. The summed E-state index contributed by atoms with van der Waals surface area (Å²) < 4.78 is 10.3. The summed E-state index contributed by atoms with van der Waals surface area (Å²) in [5, 5.41) is 5.49. The Balaban J connectivity index is 1.53. The van der Waals surface area contributed by atoms with Gasteiger partial charge in [0, 0.05) is 0 Å². The zero-order chi connectivity index (χ0) is 14.7. The Labute approximate surface area is 121 Å². The van der Waals surface area contributed by atoms with Crippen molar-refractivity contribution in [1.29, 1.82) is 0 Å². The molecule has 2 N–H and O–H groups in total. The predicted octanol–water partition coefficient (Wildman–Crippen LogP) is 1.59. The highest BCUT2D eigenvalue weighted by molar-refractivity contribution is 6.07. The molecule has 110 valence electrons. The van der Waals surface area contributed by atoms with E-state index in [1.165, 1.54) is 0 Å². The van der Waals surface area contributed by atoms with E-state index in [1.54, 1.807) is 36.8 Å². The third-order valence-electron chi connectivity index (χ3n) is 3.63. The fraction of sp³-hybridized carbons (Fsp3) is 0.333. The molecule has 0 saturated heterocycles. The summed E-state index contributed by atoms with van der Waals surface area (Å²) in [6.07, 6.45) is 4.23. The van der Waals surface area contributed by atoms with Gasteiger partial charge in [-0.3, -0.25) is 9.59 Å². The van der Waals surface area contributed by atoms with E-state index in [9.17, 15) is 9.59 Å². The lowest BCUT2D eigenvalue weighted by molar-refractivity contribution is -0.137. The third-order valence-corrected chi connectivity index (χ3v) is 3.63. The normalized spacial score (nSPS) is 15.4. The molecule has 0 aliphatic heterocycles. The Morgan fingerprint density at radius 2 is 1.43 bits per heavy atom. The van der Waals surface area contributed by atoms with Crippen LogP contribution in [-0.4, -0.2) is 11.8 Å². The van der Waals surface area contributed by atoms with Gasteiger partial charge < -0.3 is 19.5 Å². The van der Waals surface area contributed by atoms with E-state index in [1.807, 2.05) is 0 Å². The van der Waals surface area contributed by atoms with E-state index < -0.39 is 5.41 Å². The van der Waals surface area contributed by atoms with Crippen LogP contribution in [-0.2, 0) is 22.7 Å². The monoisotopic (exact) mass is 288 g/mol. The van der Waals surface area contributed by atoms with Crippen molar-refractivity contribution in [2.24, 2.45) is 5.41 Å². The van der Waals surface area contributed by atoms with Crippen LogP contribution in [0.15, 0.2) is 45.6 Å². The van der Waals surface area contributed by atoms with Crippen LogP contribution in [0.4, 0.5) is 0 Å². The van der Waals surface area contributed by atoms with Gasteiger partial charge in [0.2, 0.25) is 11.8 Å². The first-order valence-electron chi connectivity index (χ1n) is 6.82. The first kappa shape index (κ1) is 13.5. The molecule has 2 aromatic rings. The number of furan rings is 2. The van der Waals surface area contributed by atoms with E-state index in [0.717, 1.165) is 0 Å². The fourth-order valence-corrected chi connectivity index (χ4v) is 2.18. The number of nitrogens with one attached hydrogen (secondary N) is 2. The second-order valence-electron chi connectivity index (χ2n) is 5.11. The van der Waals surface area contributed by atoms with Gasteiger partial charge in [-0.05, 0) is 37.1 Å². The molecular weight excluding hydrogens is 272 g/mol. The smallest absolute Gasteiger partial charge is 0.236 e. The molecule has 1 aliphatic carbocycles. The third kappa shape index (κ3) is 2.84. The molecule has 0 atom stereocenters. The van der Waals surface area contributed by atoms with Crippen LogP contribution in [0.3, 0.4) is 0 Å². The Morgan fingerprint density at radius 1 is 0.952 bits per heavy atom. The Morgan fingerprint density at radius 3 is 1.76 bits per heavy atom. The Hall–Kier alpha value is -2.50. The van der Waals surface area contributed by atoms with Crippen molar-refractivity contribution in [2.75, 3.05) is 0 Å². The first-order valence-corrected chi connectivity index (χ1v) is 6.82. The number of carbonyl (C=O) groups excluding carboxylic acids is 2. The number of amides is 2. The molecule has 6 nitrogen and oxygen atoms in total. The van der Waals surface area contributed by atoms with Crippen LogP contribution in [0.25, 0.3) is 0 Å². The lowest BCUT2D eigenvalue weighted by Crippen LogP contribution is -2.42. The van der Waals surface area contributed by atoms with Crippen LogP contribution in [0.2, 0.25) is 0 Å². The Bertz CT molecular complexity index is 560. The minimum Gasteiger partial charge on any atom is -0.467 e. The van der Waals surface area contributed by atoms with E-state index in [2.05, 4.69) is 10.6 Å². The van der Waals surface area contributed by atoms with Crippen LogP contribution < -0.4 is 10.6 Å². The molecule has 1 saturated carbocycles. The van der Waals surface area contributed by atoms with Crippen LogP contribution in [0.5, 0.6) is 0 Å². The number of hydrogen-bond acceptors (Lipinski definition) is 4. The number of hydrogen-bond donors (Lipinski definition) is 2. The summed E-state index contributed by atoms with van der Waals surface area (Å²) in [5.41, 5.74) is -0.931. The topological polar surface area (TPSA) is 84.5 Å². The summed E-state index contributed by atoms with van der Waals surface area (Å²) in [5.74, 6) is 0.817. The molecule has 2 amide bonds. The van der Waals surface area contributed by atoms with Crippen LogP contribution >= 0.6 is 0 Å². The van der Waals surface area contributed by atoms with Gasteiger partial charge in [0.05, 0.1) is 25.6 Å². The van der Waals surface area contributed by atoms with E-state index in [0.29, 0.717) is 37.5 Å². The largest absolute Gasteiger partial charge is 0.467 e. The van der Waals surface area contributed by atoms with Gasteiger partial charge in [0.25, 0.3) is 0 Å². The van der Waals surface area contributed by atoms with Crippen molar-refractivity contribution in [3.63, 3.8) is 0 Å². The molecule has 3 rings (SSSR count). The summed E-state index contributed by atoms with van der Waals surface area (Å²) in [6.45, 7) is 0.581. The maximum absolute atomic E-state index is 12.2. The molecular formula is C15H16N2O4. The number of carbonyl (C=O) groups is 2. The zero-order valence-corrected chi connectivity index (χ0v) is 11.4. The molecule has 1 fully saturated rings. The van der Waals surface area contributed by atoms with E-state index in [-0.39, 0.29) is 11.8 Å². The molecule has 6 heteroatoms. The molecule has 0 bridgehead atoms. The van der Waals surface area contributed by atoms with Gasteiger partial charge in [-0.2, -0.15) is 0 Å². The molecule has 1 aliphatic rings. The van der Waals surface area contributed by atoms with Crippen LogP contribution in [0.1, 0.15) is 24.4 Å². The molecule has 0 unspecified atom stereocenters. The Kier molecular flexibility index (Phi) is 3.51. The fourth-order valence-electron chi connectivity index (χ4n) is 2.18. The van der Waals surface area contributed by atoms with Gasteiger partial charge in [0.1, 0.15) is 16.9 Å². The predicted molar refractivity (Wildman–Crippen MR) is 72.8 cm³/mol. The summed E-state index contributed by atoms with van der Waals surface area (Å²) in [6, 6.07) is 7.06. The minimum absolute atomic E-state index is 0.254. The second kappa shape index (κ2) is 5.47. The van der Waals surface area contributed by atoms with Gasteiger partial charge in [0.15, 0.2) is 0 Å². The van der Waals surface area contributed by atoms with E-state index in [4.69, 9.17) is 8.83 Å². The van der Waals surface area contributed by atoms with Gasteiger partial charge in [-0.1, -0.05) is 0 Å².